The van der Waals surface area contributed by atoms with Crippen molar-refractivity contribution in [2.75, 3.05) is 18.0 Å². The predicted octanol–water partition coefficient (Wildman–Crippen LogP) is 5.78. The van der Waals surface area contributed by atoms with Crippen LogP contribution >= 0.6 is 11.6 Å². The topological polar surface area (TPSA) is 62.5 Å². The highest BCUT2D eigenvalue weighted by Crippen LogP contribution is 2.29. The van der Waals surface area contributed by atoms with Crippen LogP contribution in [0.15, 0.2) is 40.8 Å². The van der Waals surface area contributed by atoms with Gasteiger partial charge in [-0.2, -0.15) is 8.78 Å². The molecular weight excluding hydrogens is 471 g/mol. The summed E-state index contributed by atoms with van der Waals surface area (Å²) in [6.45, 7) is -0.224. The maximum Gasteiger partial charge on any atom is 0.324 e. The van der Waals surface area contributed by atoms with Crippen LogP contribution in [0.5, 0.6) is 0 Å². The van der Waals surface area contributed by atoms with Gasteiger partial charge in [-0.05, 0) is 36.8 Å². The fourth-order valence-electron chi connectivity index (χ4n) is 3.40. The van der Waals surface area contributed by atoms with Crippen LogP contribution in [0.2, 0.25) is 5.02 Å². The zero-order valence-electron chi connectivity index (χ0n) is 16.8. The van der Waals surface area contributed by atoms with Gasteiger partial charge in [0.15, 0.2) is 0 Å². The van der Waals surface area contributed by atoms with E-state index in [0.29, 0.717) is 0 Å². The van der Waals surface area contributed by atoms with Crippen LogP contribution in [0.25, 0.3) is 11.5 Å². The van der Waals surface area contributed by atoms with E-state index in [2.05, 4.69) is 10.2 Å². The van der Waals surface area contributed by atoms with Crippen molar-refractivity contribution in [2.45, 2.75) is 25.6 Å². The molecule has 0 spiro atoms. The zero-order chi connectivity index (χ0) is 23.7. The first-order valence-electron chi connectivity index (χ1n) is 9.79. The van der Waals surface area contributed by atoms with Crippen LogP contribution in [-0.4, -0.2) is 40.4 Å². The van der Waals surface area contributed by atoms with Gasteiger partial charge in [-0.25, -0.2) is 18.0 Å². The molecule has 0 radical (unpaired) electrons. The fourth-order valence-corrected chi connectivity index (χ4v) is 3.58. The highest BCUT2D eigenvalue weighted by molar-refractivity contribution is 6.31. The molecule has 1 atom stereocenters. The molecule has 6 nitrogen and oxygen atoms in total. The SMILES string of the molecule is O=C(N1CC[C@H](F)C1)N(Cc1ccc(-c2nnc(C(F)F)o2)cc1F)c1ccc(F)c(Cl)c1. The number of carbonyl (C=O) groups is 1. The number of anilines is 1. The summed E-state index contributed by atoms with van der Waals surface area (Å²) in [5.41, 5.74) is 0.311. The van der Waals surface area contributed by atoms with Gasteiger partial charge in [-0.15, -0.1) is 10.2 Å². The van der Waals surface area contributed by atoms with Gasteiger partial charge in [-0.1, -0.05) is 17.7 Å². The molecule has 4 rings (SSSR count). The second-order valence-electron chi connectivity index (χ2n) is 7.35. The van der Waals surface area contributed by atoms with E-state index in [1.54, 1.807) is 0 Å². The molecule has 1 aliphatic heterocycles. The molecule has 2 amide bonds. The van der Waals surface area contributed by atoms with Crippen LogP contribution in [0.3, 0.4) is 0 Å². The van der Waals surface area contributed by atoms with E-state index in [1.165, 1.54) is 29.2 Å². The standard InChI is InChI=1S/C21H16ClF5N4O2/c22-15-8-14(3-4-16(15)24)31(21(32)30-6-5-13(23)10-30)9-12-2-1-11(7-17(12)25)19-28-29-20(33-19)18(26)27/h1-4,7-8,13,18H,5-6,9-10H2/t13-/m0/s1. The molecule has 1 fully saturated rings. The monoisotopic (exact) mass is 486 g/mol. The van der Waals surface area contributed by atoms with Crippen molar-refractivity contribution in [3.63, 3.8) is 0 Å². The Morgan fingerprint density at radius 1 is 1.18 bits per heavy atom. The summed E-state index contributed by atoms with van der Waals surface area (Å²) in [4.78, 5) is 15.5. The van der Waals surface area contributed by atoms with E-state index in [9.17, 15) is 26.7 Å². The largest absolute Gasteiger partial charge is 0.415 e. The highest BCUT2D eigenvalue weighted by Gasteiger charge is 2.31. The lowest BCUT2D eigenvalue weighted by atomic mass is 10.1. The number of urea groups is 1. The lowest BCUT2D eigenvalue weighted by molar-refractivity contribution is 0.116. The Balaban J connectivity index is 1.63. The minimum Gasteiger partial charge on any atom is -0.415 e. The Morgan fingerprint density at radius 3 is 2.58 bits per heavy atom. The second kappa shape index (κ2) is 9.34. The summed E-state index contributed by atoms with van der Waals surface area (Å²) in [6, 6.07) is 6.69. The molecular formula is C21H16ClF5N4O2. The number of rotatable bonds is 5. The van der Waals surface area contributed by atoms with Crippen LogP contribution in [0.1, 0.15) is 24.3 Å². The summed E-state index contributed by atoms with van der Waals surface area (Å²) < 4.78 is 72.3. The third kappa shape index (κ3) is 4.92. The number of aromatic nitrogens is 2. The Hall–Kier alpha value is -3.21. The number of carbonyl (C=O) groups excluding carboxylic acids is 1. The quantitative estimate of drug-likeness (QED) is 0.429. The van der Waals surface area contributed by atoms with Gasteiger partial charge in [0.2, 0.25) is 5.89 Å². The maximum absolute atomic E-state index is 14.9. The van der Waals surface area contributed by atoms with E-state index < -0.39 is 36.2 Å². The Bertz CT molecular complexity index is 1180. The second-order valence-corrected chi connectivity index (χ2v) is 7.76. The normalized spacial score (nSPS) is 16.0. The van der Waals surface area contributed by atoms with Crippen molar-refractivity contribution in [2.24, 2.45) is 0 Å². The number of likely N-dealkylation sites (tertiary alicyclic amines) is 1. The summed E-state index contributed by atoms with van der Waals surface area (Å²) in [7, 11) is 0. The van der Waals surface area contributed by atoms with Crippen molar-refractivity contribution < 1.29 is 31.2 Å². The van der Waals surface area contributed by atoms with Crippen LogP contribution in [0.4, 0.5) is 32.4 Å². The number of halogens is 6. The zero-order valence-corrected chi connectivity index (χ0v) is 17.6. The molecule has 0 bridgehead atoms. The number of hydrogen-bond acceptors (Lipinski definition) is 4. The van der Waals surface area contributed by atoms with Gasteiger partial charge < -0.3 is 9.32 Å². The van der Waals surface area contributed by atoms with E-state index in [4.69, 9.17) is 16.0 Å². The average molecular weight is 487 g/mol. The minimum atomic E-state index is -2.97. The molecule has 12 heteroatoms. The fraction of sp³-hybridized carbons (Fsp3) is 0.286. The molecule has 2 heterocycles. The van der Waals surface area contributed by atoms with Crippen LogP contribution in [0, 0.1) is 11.6 Å². The Kier molecular flexibility index (Phi) is 6.50. The molecule has 0 N–H and O–H groups in total. The molecule has 1 aromatic heterocycles. The first-order valence-corrected chi connectivity index (χ1v) is 10.2. The van der Waals surface area contributed by atoms with Gasteiger partial charge in [0.05, 0.1) is 18.1 Å². The van der Waals surface area contributed by atoms with Gasteiger partial charge >= 0.3 is 12.5 Å². The maximum atomic E-state index is 14.9. The van der Waals surface area contributed by atoms with Gasteiger partial charge in [0, 0.05) is 23.4 Å². The molecule has 33 heavy (non-hydrogen) atoms. The smallest absolute Gasteiger partial charge is 0.324 e. The number of alkyl halides is 3. The molecule has 0 aliphatic carbocycles. The number of amides is 2. The van der Waals surface area contributed by atoms with Crippen molar-refractivity contribution in [3.05, 3.63) is 64.5 Å². The predicted molar refractivity (Wildman–Crippen MR) is 109 cm³/mol. The van der Waals surface area contributed by atoms with Crippen molar-refractivity contribution >= 4 is 23.3 Å². The number of hydrogen-bond donors (Lipinski definition) is 0. The molecule has 3 aromatic rings. The molecule has 1 saturated heterocycles. The van der Waals surface area contributed by atoms with Crippen molar-refractivity contribution in [1.82, 2.24) is 15.1 Å². The van der Waals surface area contributed by atoms with Gasteiger partial charge in [0.25, 0.3) is 5.89 Å². The van der Waals surface area contributed by atoms with E-state index >= 15 is 0 Å². The first kappa shape index (κ1) is 23.0. The first-order chi connectivity index (χ1) is 15.7. The molecule has 0 unspecified atom stereocenters. The van der Waals surface area contributed by atoms with Crippen LogP contribution < -0.4 is 4.90 Å². The van der Waals surface area contributed by atoms with Crippen LogP contribution in [-0.2, 0) is 6.54 Å². The third-order valence-corrected chi connectivity index (χ3v) is 5.39. The molecule has 0 saturated carbocycles. The lowest BCUT2D eigenvalue weighted by Crippen LogP contribution is -2.42. The molecule has 174 valence electrons. The minimum absolute atomic E-state index is 0.0529. The average Bonchev–Trinajstić information content (AvgIpc) is 3.44. The van der Waals surface area contributed by atoms with Gasteiger partial charge in [-0.3, -0.25) is 4.90 Å². The molecule has 1 aliphatic rings. The number of nitrogens with zero attached hydrogens (tertiary/aromatic N) is 4. The summed E-state index contributed by atoms with van der Waals surface area (Å²) in [6.07, 6.45) is -3.96. The van der Waals surface area contributed by atoms with Gasteiger partial charge in [0.1, 0.15) is 17.8 Å². The molecule has 2 aromatic carbocycles. The lowest BCUT2D eigenvalue weighted by Gasteiger charge is -2.28. The van der Waals surface area contributed by atoms with E-state index in [1.807, 2.05) is 0 Å². The van der Waals surface area contributed by atoms with Crippen molar-refractivity contribution in [3.8, 4) is 11.5 Å². The summed E-state index contributed by atoms with van der Waals surface area (Å²) in [5, 5.41) is 6.43. The summed E-state index contributed by atoms with van der Waals surface area (Å²) in [5.74, 6) is -2.66. The summed E-state index contributed by atoms with van der Waals surface area (Å²) >= 11 is 5.86. The third-order valence-electron chi connectivity index (χ3n) is 5.10. The highest BCUT2D eigenvalue weighted by atomic mass is 35.5. The van der Waals surface area contributed by atoms with Crippen molar-refractivity contribution in [1.29, 1.82) is 0 Å². The Labute approximate surface area is 189 Å². The van der Waals surface area contributed by atoms with E-state index in [0.717, 1.165) is 17.0 Å². The van der Waals surface area contributed by atoms with E-state index in [-0.39, 0.29) is 53.8 Å². The Morgan fingerprint density at radius 2 is 1.97 bits per heavy atom. The number of benzene rings is 2.